The molecule has 5 nitrogen and oxygen atoms in total. The van der Waals surface area contributed by atoms with Gasteiger partial charge in [0.1, 0.15) is 5.69 Å². The van der Waals surface area contributed by atoms with Crippen LogP contribution in [0.1, 0.15) is 17.8 Å². The highest BCUT2D eigenvalue weighted by molar-refractivity contribution is 5.73. The maximum Gasteiger partial charge on any atom is 0.333 e. The molecule has 0 atom stereocenters. The molecule has 4 rings (SSSR count). The molecule has 0 spiro atoms. The van der Waals surface area contributed by atoms with E-state index >= 15 is 0 Å². The van der Waals surface area contributed by atoms with Gasteiger partial charge in [-0.05, 0) is 6.07 Å². The second kappa shape index (κ2) is 5.92. The van der Waals surface area contributed by atoms with E-state index in [0.717, 1.165) is 16.8 Å². The molecule has 0 radical (unpaired) electrons. The van der Waals surface area contributed by atoms with Crippen molar-refractivity contribution in [2.75, 3.05) is 0 Å². The zero-order valence-electron chi connectivity index (χ0n) is 12.6. The Hall–Kier alpha value is -2.96. The van der Waals surface area contributed by atoms with E-state index in [1.807, 2.05) is 30.3 Å². The first kappa shape index (κ1) is 14.6. The number of aliphatic imine (C=N–C) groups is 1. The molecule has 1 aliphatic heterocycles. The maximum atomic E-state index is 12.8. The van der Waals surface area contributed by atoms with Crippen LogP contribution in [0.5, 0.6) is 0 Å². The Kier molecular flexibility index (Phi) is 3.60. The van der Waals surface area contributed by atoms with Gasteiger partial charge in [-0.1, -0.05) is 30.3 Å². The molecule has 0 aliphatic carbocycles. The van der Waals surface area contributed by atoms with Crippen LogP contribution in [-0.4, -0.2) is 26.0 Å². The summed E-state index contributed by atoms with van der Waals surface area (Å²) < 4.78 is 26.3. The Morgan fingerprint density at radius 1 is 1.04 bits per heavy atom. The third-order valence-corrected chi connectivity index (χ3v) is 3.84. The summed E-state index contributed by atoms with van der Waals surface area (Å²) >= 11 is 0. The highest BCUT2D eigenvalue weighted by Gasteiger charge is 2.20. The zero-order chi connectivity index (χ0) is 16.5. The lowest BCUT2D eigenvalue weighted by Gasteiger charge is -2.15. The molecule has 120 valence electrons. The summed E-state index contributed by atoms with van der Waals surface area (Å²) in [4.78, 5) is 13.5. The van der Waals surface area contributed by atoms with Crippen LogP contribution in [0.2, 0.25) is 0 Å². The number of aromatic nitrogens is 4. The number of benzene rings is 1. The maximum absolute atomic E-state index is 12.8. The Balaban J connectivity index is 1.88. The highest BCUT2D eigenvalue weighted by Crippen LogP contribution is 2.28. The molecular formula is C17H13F2N5. The van der Waals surface area contributed by atoms with Crippen LogP contribution in [0.15, 0.2) is 47.6 Å². The second-order valence-electron chi connectivity index (χ2n) is 5.37. The van der Waals surface area contributed by atoms with Crippen molar-refractivity contribution in [3.8, 4) is 22.8 Å². The average molecular weight is 325 g/mol. The van der Waals surface area contributed by atoms with Crippen molar-refractivity contribution in [1.82, 2.24) is 19.7 Å². The normalized spacial score (nSPS) is 13.3. The van der Waals surface area contributed by atoms with E-state index in [0.29, 0.717) is 34.9 Å². The SMILES string of the molecule is FC(F)n1ccc(-c2nc(-c3ccccc3)nc3c2CC=NC3)n1. The first-order valence-corrected chi connectivity index (χ1v) is 7.49. The molecule has 3 aromatic rings. The van der Waals surface area contributed by atoms with Crippen molar-refractivity contribution in [1.29, 1.82) is 0 Å². The lowest BCUT2D eigenvalue weighted by atomic mass is 10.0. The van der Waals surface area contributed by atoms with Crippen LogP contribution in [0.4, 0.5) is 8.78 Å². The van der Waals surface area contributed by atoms with Gasteiger partial charge in [0, 0.05) is 30.0 Å². The molecule has 7 heteroatoms. The van der Waals surface area contributed by atoms with Crippen molar-refractivity contribution in [3.63, 3.8) is 0 Å². The van der Waals surface area contributed by atoms with Gasteiger partial charge in [-0.2, -0.15) is 13.9 Å². The van der Waals surface area contributed by atoms with E-state index in [-0.39, 0.29) is 0 Å². The molecule has 0 bridgehead atoms. The van der Waals surface area contributed by atoms with Crippen LogP contribution in [0, 0.1) is 0 Å². The van der Waals surface area contributed by atoms with Crippen LogP contribution < -0.4 is 0 Å². The highest BCUT2D eigenvalue weighted by atomic mass is 19.3. The smallest absolute Gasteiger partial charge is 0.291 e. The first-order valence-electron chi connectivity index (χ1n) is 7.49. The molecule has 1 aromatic carbocycles. The van der Waals surface area contributed by atoms with Gasteiger partial charge in [-0.3, -0.25) is 4.99 Å². The monoisotopic (exact) mass is 325 g/mol. The van der Waals surface area contributed by atoms with Crippen LogP contribution in [0.3, 0.4) is 0 Å². The topological polar surface area (TPSA) is 56.0 Å². The third-order valence-electron chi connectivity index (χ3n) is 3.84. The molecule has 0 saturated heterocycles. The van der Waals surface area contributed by atoms with Crippen molar-refractivity contribution < 1.29 is 8.78 Å². The molecule has 0 fully saturated rings. The molecular weight excluding hydrogens is 312 g/mol. The van der Waals surface area contributed by atoms with Crippen LogP contribution in [-0.2, 0) is 13.0 Å². The van der Waals surface area contributed by atoms with Crippen molar-refractivity contribution >= 4 is 6.21 Å². The summed E-state index contributed by atoms with van der Waals surface area (Å²) in [6.45, 7) is -2.22. The standard InChI is InChI=1S/C17H13F2N5/c18-17(19)24-9-7-13(23-24)15-12-6-8-20-10-14(12)21-16(22-15)11-4-2-1-3-5-11/h1-5,7-9,17H,6,10H2. The molecule has 2 aromatic heterocycles. The number of hydrogen-bond donors (Lipinski definition) is 0. The van der Waals surface area contributed by atoms with Gasteiger partial charge in [0.25, 0.3) is 0 Å². The largest absolute Gasteiger partial charge is 0.333 e. The fraction of sp³-hybridized carbons (Fsp3) is 0.176. The molecule has 0 saturated carbocycles. The molecule has 0 amide bonds. The predicted molar refractivity (Wildman–Crippen MR) is 85.8 cm³/mol. The Bertz CT molecular complexity index is 903. The summed E-state index contributed by atoms with van der Waals surface area (Å²) in [5.41, 5.74) is 3.58. The van der Waals surface area contributed by atoms with E-state index in [1.54, 1.807) is 12.3 Å². The van der Waals surface area contributed by atoms with Crippen LogP contribution in [0.25, 0.3) is 22.8 Å². The Labute approximate surface area is 136 Å². The van der Waals surface area contributed by atoms with Crippen molar-refractivity contribution in [2.24, 2.45) is 4.99 Å². The predicted octanol–water partition coefficient (Wildman–Crippen LogP) is 3.53. The molecule has 0 unspecified atom stereocenters. The summed E-state index contributed by atoms with van der Waals surface area (Å²) in [6.07, 6.45) is 3.62. The number of hydrogen-bond acceptors (Lipinski definition) is 4. The first-order chi connectivity index (χ1) is 11.7. The molecule has 1 aliphatic rings. The molecule has 3 heterocycles. The summed E-state index contributed by atoms with van der Waals surface area (Å²) in [5, 5.41) is 3.95. The van der Waals surface area contributed by atoms with Crippen molar-refractivity contribution in [2.45, 2.75) is 19.5 Å². The molecule has 0 N–H and O–H groups in total. The zero-order valence-corrected chi connectivity index (χ0v) is 12.6. The fourth-order valence-corrected chi connectivity index (χ4v) is 2.68. The number of halogens is 2. The van der Waals surface area contributed by atoms with Gasteiger partial charge in [-0.25, -0.2) is 14.6 Å². The van der Waals surface area contributed by atoms with Gasteiger partial charge in [0.15, 0.2) is 5.82 Å². The summed E-state index contributed by atoms with van der Waals surface area (Å²) in [7, 11) is 0. The van der Waals surface area contributed by atoms with E-state index in [1.165, 1.54) is 6.20 Å². The Morgan fingerprint density at radius 2 is 1.88 bits per heavy atom. The van der Waals surface area contributed by atoms with Crippen LogP contribution >= 0.6 is 0 Å². The third kappa shape index (κ3) is 2.58. The van der Waals surface area contributed by atoms with E-state index < -0.39 is 6.55 Å². The fourth-order valence-electron chi connectivity index (χ4n) is 2.68. The number of alkyl halides is 2. The summed E-state index contributed by atoms with van der Waals surface area (Å²) in [5.74, 6) is 0.549. The average Bonchev–Trinajstić information content (AvgIpc) is 3.12. The van der Waals surface area contributed by atoms with E-state index in [2.05, 4.69) is 20.1 Å². The van der Waals surface area contributed by atoms with E-state index in [4.69, 9.17) is 0 Å². The lowest BCUT2D eigenvalue weighted by molar-refractivity contribution is 0.0568. The van der Waals surface area contributed by atoms with Gasteiger partial charge >= 0.3 is 6.55 Å². The minimum Gasteiger partial charge on any atom is -0.291 e. The van der Waals surface area contributed by atoms with Gasteiger partial charge in [-0.15, -0.1) is 0 Å². The number of rotatable bonds is 3. The van der Waals surface area contributed by atoms with Gasteiger partial charge in [0.05, 0.1) is 17.9 Å². The number of nitrogens with zero attached hydrogens (tertiary/aromatic N) is 5. The van der Waals surface area contributed by atoms with Crippen molar-refractivity contribution in [3.05, 3.63) is 53.9 Å². The van der Waals surface area contributed by atoms with Gasteiger partial charge < -0.3 is 0 Å². The van der Waals surface area contributed by atoms with E-state index in [9.17, 15) is 8.78 Å². The minimum absolute atomic E-state index is 0.418. The molecule has 24 heavy (non-hydrogen) atoms. The lowest BCUT2D eigenvalue weighted by Crippen LogP contribution is -2.10. The summed E-state index contributed by atoms with van der Waals surface area (Å²) in [6, 6.07) is 11.1. The number of fused-ring (bicyclic) bond motifs is 1. The second-order valence-corrected chi connectivity index (χ2v) is 5.37. The Morgan fingerprint density at radius 3 is 2.62 bits per heavy atom. The van der Waals surface area contributed by atoms with Gasteiger partial charge in [0.2, 0.25) is 0 Å². The minimum atomic E-state index is -2.67. The quantitative estimate of drug-likeness (QED) is 0.740.